The largest absolute Gasteiger partial charge is 0.492 e. The molecule has 0 aliphatic carbocycles. The van der Waals surface area contributed by atoms with Gasteiger partial charge in [0.05, 0.1) is 24.3 Å². The van der Waals surface area contributed by atoms with Gasteiger partial charge in [0.1, 0.15) is 11.6 Å². The minimum atomic E-state index is -0.486. The lowest BCUT2D eigenvalue weighted by molar-refractivity contribution is 0.0326. The zero-order valence-corrected chi connectivity index (χ0v) is 19.8. The predicted molar refractivity (Wildman–Crippen MR) is 128 cm³/mol. The summed E-state index contributed by atoms with van der Waals surface area (Å²) in [5.41, 5.74) is 0.553. The summed E-state index contributed by atoms with van der Waals surface area (Å²) in [5.74, 6) is -0.250. The number of benzene rings is 2. The highest BCUT2D eigenvalue weighted by Crippen LogP contribution is 2.38. The van der Waals surface area contributed by atoms with Crippen LogP contribution in [0.4, 0.5) is 4.39 Å². The summed E-state index contributed by atoms with van der Waals surface area (Å²) in [7, 11) is 1.78. The van der Waals surface area contributed by atoms with E-state index in [1.54, 1.807) is 35.0 Å². The minimum Gasteiger partial charge on any atom is -0.492 e. The molecule has 0 N–H and O–H groups in total. The van der Waals surface area contributed by atoms with Crippen LogP contribution in [0.25, 0.3) is 0 Å². The van der Waals surface area contributed by atoms with Gasteiger partial charge in [-0.2, -0.15) is 0 Å². The fourth-order valence-electron chi connectivity index (χ4n) is 4.77. The molecule has 0 atom stereocenters. The Morgan fingerprint density at radius 1 is 0.941 bits per heavy atom. The van der Waals surface area contributed by atoms with Crippen molar-refractivity contribution in [3.8, 4) is 5.75 Å². The maximum Gasteiger partial charge on any atom is 0.257 e. The molecule has 7 heteroatoms. The number of halogens is 1. The molecule has 4 rings (SSSR count). The molecular formula is C27H33FN2O4. The Balaban J connectivity index is 1.50. The van der Waals surface area contributed by atoms with Crippen LogP contribution in [0.3, 0.4) is 0 Å². The zero-order valence-electron chi connectivity index (χ0n) is 19.8. The van der Waals surface area contributed by atoms with E-state index >= 15 is 0 Å². The van der Waals surface area contributed by atoms with Crippen molar-refractivity contribution in [2.75, 3.05) is 46.5 Å². The molecule has 1 saturated heterocycles. The minimum absolute atomic E-state index is 0.0874. The van der Waals surface area contributed by atoms with Gasteiger partial charge < -0.3 is 19.3 Å². The van der Waals surface area contributed by atoms with Crippen LogP contribution in [0.15, 0.2) is 48.5 Å². The third kappa shape index (κ3) is 5.58. The lowest BCUT2D eigenvalue weighted by atomic mass is 9.75. The Labute approximate surface area is 200 Å². The van der Waals surface area contributed by atoms with Crippen LogP contribution in [-0.4, -0.2) is 68.1 Å². The number of carbonyl (C=O) groups is 2. The van der Waals surface area contributed by atoms with E-state index in [9.17, 15) is 14.0 Å². The first kappa shape index (κ1) is 24.2. The Morgan fingerprint density at radius 2 is 1.68 bits per heavy atom. The number of fused-ring (bicyclic) bond motifs is 1. The normalized spacial score (nSPS) is 19.8. The number of rotatable bonds is 1. The zero-order chi connectivity index (χ0) is 24.0. The van der Waals surface area contributed by atoms with Crippen molar-refractivity contribution in [2.24, 2.45) is 5.41 Å². The summed E-state index contributed by atoms with van der Waals surface area (Å²) in [4.78, 5) is 29.3. The monoisotopic (exact) mass is 468 g/mol. The number of amides is 2. The fraction of sp³-hybridized carbons (Fsp3) is 0.481. The third-order valence-electron chi connectivity index (χ3n) is 7.03. The molecule has 182 valence electrons. The topological polar surface area (TPSA) is 59.1 Å². The van der Waals surface area contributed by atoms with E-state index in [4.69, 9.17) is 9.47 Å². The number of likely N-dealkylation sites (N-methyl/N-ethyl adjacent to an activating group) is 1. The van der Waals surface area contributed by atoms with Crippen molar-refractivity contribution in [3.63, 3.8) is 0 Å². The number of likely N-dealkylation sites (tertiary alicyclic amines) is 1. The molecule has 0 radical (unpaired) electrons. The van der Waals surface area contributed by atoms with Gasteiger partial charge >= 0.3 is 0 Å². The van der Waals surface area contributed by atoms with Crippen LogP contribution >= 0.6 is 0 Å². The van der Waals surface area contributed by atoms with E-state index in [-0.39, 0.29) is 22.8 Å². The van der Waals surface area contributed by atoms with Gasteiger partial charge in [0.2, 0.25) is 0 Å². The average Bonchev–Trinajstić information content (AvgIpc) is 2.86. The lowest BCUT2D eigenvalue weighted by Gasteiger charge is -2.42. The molecular weight excluding hydrogens is 435 g/mol. The molecule has 0 unspecified atom stereocenters. The van der Waals surface area contributed by atoms with Gasteiger partial charge in [0.25, 0.3) is 11.8 Å². The van der Waals surface area contributed by atoms with E-state index in [1.807, 2.05) is 18.2 Å². The smallest absolute Gasteiger partial charge is 0.257 e. The number of piperidine rings is 1. The van der Waals surface area contributed by atoms with Gasteiger partial charge in [-0.3, -0.25) is 9.59 Å². The molecule has 2 heterocycles. The quantitative estimate of drug-likeness (QED) is 0.623. The number of hydrogen-bond acceptors (Lipinski definition) is 4. The van der Waals surface area contributed by atoms with Crippen molar-refractivity contribution < 1.29 is 23.5 Å². The molecule has 0 saturated carbocycles. The molecule has 2 aliphatic heterocycles. The first-order valence-electron chi connectivity index (χ1n) is 12.1. The van der Waals surface area contributed by atoms with Crippen molar-refractivity contribution in [3.05, 3.63) is 65.5 Å². The highest BCUT2D eigenvalue weighted by atomic mass is 19.1. The molecule has 2 aliphatic rings. The van der Waals surface area contributed by atoms with Crippen molar-refractivity contribution in [2.45, 2.75) is 32.1 Å². The van der Waals surface area contributed by atoms with Crippen LogP contribution in [0.5, 0.6) is 5.75 Å². The second-order valence-corrected chi connectivity index (χ2v) is 9.35. The number of carbonyl (C=O) groups excluding carboxylic acids is 2. The van der Waals surface area contributed by atoms with Crippen LogP contribution < -0.4 is 4.74 Å². The SMILES string of the molecule is CN1CCOCCCCC2(CCN(C(=O)c3ccccc3F)CC2)COc2ccccc2C1=O. The van der Waals surface area contributed by atoms with Gasteiger partial charge in [0.15, 0.2) is 0 Å². The van der Waals surface area contributed by atoms with Crippen molar-refractivity contribution in [1.29, 1.82) is 0 Å². The predicted octanol–water partition coefficient (Wildman–Crippen LogP) is 4.40. The molecule has 1 fully saturated rings. The number of hydrogen-bond donors (Lipinski definition) is 0. The van der Waals surface area contributed by atoms with Gasteiger partial charge in [-0.05, 0) is 49.9 Å². The molecule has 2 amide bonds. The second-order valence-electron chi connectivity index (χ2n) is 9.35. The summed E-state index contributed by atoms with van der Waals surface area (Å²) in [6, 6.07) is 13.5. The van der Waals surface area contributed by atoms with E-state index in [0.717, 1.165) is 32.1 Å². The van der Waals surface area contributed by atoms with E-state index in [2.05, 4.69) is 0 Å². The van der Waals surface area contributed by atoms with Crippen molar-refractivity contribution in [1.82, 2.24) is 9.80 Å². The van der Waals surface area contributed by atoms with Crippen LogP contribution in [0.2, 0.25) is 0 Å². The molecule has 34 heavy (non-hydrogen) atoms. The van der Waals surface area contributed by atoms with Gasteiger partial charge in [-0.1, -0.05) is 30.7 Å². The molecule has 2 aromatic rings. The van der Waals surface area contributed by atoms with Gasteiger partial charge in [-0.25, -0.2) is 4.39 Å². The van der Waals surface area contributed by atoms with Crippen LogP contribution in [0, 0.1) is 11.2 Å². The fourth-order valence-corrected chi connectivity index (χ4v) is 4.77. The highest BCUT2D eigenvalue weighted by Gasteiger charge is 2.37. The lowest BCUT2D eigenvalue weighted by Crippen LogP contribution is -2.46. The molecule has 1 spiro atoms. The Bertz CT molecular complexity index is 1000. The molecule has 2 aromatic carbocycles. The summed E-state index contributed by atoms with van der Waals surface area (Å²) in [6.07, 6.45) is 4.43. The maximum absolute atomic E-state index is 14.1. The number of ether oxygens (including phenoxy) is 2. The van der Waals surface area contributed by atoms with Gasteiger partial charge in [-0.15, -0.1) is 0 Å². The summed E-state index contributed by atoms with van der Waals surface area (Å²) in [6.45, 7) is 3.27. The Hall–Kier alpha value is -2.93. The number of para-hydroxylation sites is 1. The average molecular weight is 469 g/mol. The molecule has 0 aromatic heterocycles. The summed E-state index contributed by atoms with van der Waals surface area (Å²) in [5, 5.41) is 0. The first-order valence-corrected chi connectivity index (χ1v) is 12.1. The Morgan fingerprint density at radius 3 is 2.47 bits per heavy atom. The standard InChI is InChI=1S/C27H33FN2O4/c1-29-17-19-33-18-7-6-12-27(20-34-24-11-5-3-9-22(24)25(29)31)13-15-30(16-14-27)26(32)21-8-2-4-10-23(21)28/h2-5,8-11H,6-7,12-20H2,1H3. The summed E-state index contributed by atoms with van der Waals surface area (Å²) < 4.78 is 26.2. The van der Waals surface area contributed by atoms with E-state index in [0.29, 0.717) is 50.8 Å². The van der Waals surface area contributed by atoms with Crippen LogP contribution in [-0.2, 0) is 4.74 Å². The highest BCUT2D eigenvalue weighted by molar-refractivity contribution is 5.96. The first-order chi connectivity index (χ1) is 16.5. The maximum atomic E-state index is 14.1. The number of nitrogens with zero attached hydrogens (tertiary/aromatic N) is 2. The van der Waals surface area contributed by atoms with Gasteiger partial charge in [0, 0.05) is 38.7 Å². The molecule has 6 nitrogen and oxygen atoms in total. The molecule has 0 bridgehead atoms. The second kappa shape index (κ2) is 11.0. The van der Waals surface area contributed by atoms with Crippen LogP contribution in [0.1, 0.15) is 52.8 Å². The van der Waals surface area contributed by atoms with E-state index in [1.165, 1.54) is 12.1 Å². The summed E-state index contributed by atoms with van der Waals surface area (Å²) >= 11 is 0. The Kier molecular flexibility index (Phi) is 7.83. The van der Waals surface area contributed by atoms with E-state index < -0.39 is 5.82 Å². The van der Waals surface area contributed by atoms with Crippen molar-refractivity contribution >= 4 is 11.8 Å². The third-order valence-corrected chi connectivity index (χ3v) is 7.03.